The summed E-state index contributed by atoms with van der Waals surface area (Å²) < 4.78 is 17.3. The molecule has 160 valence electrons. The molecule has 1 aliphatic rings. The van der Waals surface area contributed by atoms with E-state index in [1.54, 1.807) is 0 Å². The van der Waals surface area contributed by atoms with Crippen LogP contribution in [-0.2, 0) is 10.8 Å². The molecule has 0 spiro atoms. The third kappa shape index (κ3) is 5.83. The second kappa shape index (κ2) is 10.1. The van der Waals surface area contributed by atoms with Crippen molar-refractivity contribution in [3.05, 3.63) is 96.6 Å². The van der Waals surface area contributed by atoms with Gasteiger partial charge in [-0.15, -0.1) is 0 Å². The van der Waals surface area contributed by atoms with E-state index in [1.165, 1.54) is 10.0 Å². The number of nitrogens with zero attached hydrogens (tertiary/aromatic N) is 1. The predicted octanol–water partition coefficient (Wildman–Crippen LogP) is 4.87. The van der Waals surface area contributed by atoms with Crippen LogP contribution in [0.3, 0.4) is 0 Å². The van der Waals surface area contributed by atoms with Crippen LogP contribution >= 0.6 is 0 Å². The van der Waals surface area contributed by atoms with Gasteiger partial charge in [0.25, 0.3) is 0 Å². The maximum absolute atomic E-state index is 13.3. The summed E-state index contributed by atoms with van der Waals surface area (Å²) in [5.74, 6) is 0.607. The maximum atomic E-state index is 13.3. The Hall–Kier alpha value is -2.00. The molecule has 0 N–H and O–H groups in total. The second-order valence-corrected chi connectivity index (χ2v) is 12.6. The first-order chi connectivity index (χ1) is 15.0. The quantitative estimate of drug-likeness (QED) is 0.323. The average Bonchev–Trinajstić information content (AvgIpc) is 3.12. The van der Waals surface area contributed by atoms with E-state index in [9.17, 15) is 4.21 Å². The van der Waals surface area contributed by atoms with Crippen molar-refractivity contribution in [3.8, 4) is 0 Å². The van der Waals surface area contributed by atoms with Gasteiger partial charge in [-0.05, 0) is 0 Å². The third-order valence-electron chi connectivity index (χ3n) is 5.73. The van der Waals surface area contributed by atoms with Gasteiger partial charge in [0, 0.05) is 0 Å². The van der Waals surface area contributed by atoms with Gasteiger partial charge in [0.1, 0.15) is 0 Å². The molecule has 2 nitrogen and oxygen atoms in total. The van der Waals surface area contributed by atoms with Crippen molar-refractivity contribution in [1.29, 1.82) is 0 Å². The predicted molar refractivity (Wildman–Crippen MR) is 132 cm³/mol. The summed E-state index contributed by atoms with van der Waals surface area (Å²) in [6, 6.07) is 31.9. The molecule has 0 fully saturated rings. The van der Waals surface area contributed by atoms with Crippen LogP contribution in [0, 0.1) is 5.41 Å². The first kappa shape index (κ1) is 22.2. The van der Waals surface area contributed by atoms with E-state index < -0.39 is 10.8 Å². The topological polar surface area (TPSA) is 20.1 Å². The van der Waals surface area contributed by atoms with Crippen LogP contribution in [0.15, 0.2) is 95.9 Å². The number of rotatable bonds is 8. The molecule has 31 heavy (non-hydrogen) atoms. The second-order valence-electron chi connectivity index (χ2n) is 8.80. The van der Waals surface area contributed by atoms with Crippen molar-refractivity contribution < 1.29 is 8.78 Å². The van der Waals surface area contributed by atoms with Crippen molar-refractivity contribution >= 4 is 36.4 Å². The van der Waals surface area contributed by atoms with E-state index in [2.05, 4.69) is 85.3 Å². The van der Waals surface area contributed by atoms with E-state index >= 15 is 0 Å². The van der Waals surface area contributed by atoms with Gasteiger partial charge < -0.3 is 0 Å². The minimum atomic E-state index is -1.05. The van der Waals surface area contributed by atoms with E-state index in [1.807, 2.05) is 30.3 Å². The minimum absolute atomic E-state index is 0.112. The van der Waals surface area contributed by atoms with Crippen LogP contribution in [0.5, 0.6) is 0 Å². The molecule has 3 aromatic carbocycles. The Morgan fingerprint density at radius 3 is 2.16 bits per heavy atom. The van der Waals surface area contributed by atoms with Crippen molar-refractivity contribution in [3.63, 3.8) is 0 Å². The molecule has 0 aliphatic carbocycles. The van der Waals surface area contributed by atoms with Crippen LogP contribution in [0.4, 0.5) is 0 Å². The Labute approximate surface area is 195 Å². The average molecular weight is 496 g/mol. The summed E-state index contributed by atoms with van der Waals surface area (Å²) >= 11 is 0.429. The van der Waals surface area contributed by atoms with E-state index in [-0.39, 0.29) is 11.5 Å². The first-order valence-electron chi connectivity index (χ1n) is 10.8. The zero-order valence-electron chi connectivity index (χ0n) is 18.2. The van der Waals surface area contributed by atoms with Gasteiger partial charge >= 0.3 is 196 Å². The number of hydrogen-bond acceptors (Lipinski definition) is 1. The SMILES string of the molecule is CC1(C)C=[N+]([C@@H](CS(=O)c2ccccc2)c2ccccc2)C(C[Se]c2ccccc2)C1. The summed E-state index contributed by atoms with van der Waals surface area (Å²) in [6.45, 7) is 4.65. The summed E-state index contributed by atoms with van der Waals surface area (Å²) in [7, 11) is -1.05. The summed E-state index contributed by atoms with van der Waals surface area (Å²) in [5.41, 5.74) is 1.40. The molecule has 3 atom stereocenters. The Morgan fingerprint density at radius 2 is 1.52 bits per heavy atom. The molecule has 4 heteroatoms. The molecule has 1 aliphatic heterocycles. The molecule has 3 aromatic rings. The van der Waals surface area contributed by atoms with Crippen molar-refractivity contribution in [1.82, 2.24) is 0 Å². The molecule has 0 saturated heterocycles. The van der Waals surface area contributed by atoms with Crippen LogP contribution in [-0.4, -0.2) is 41.8 Å². The van der Waals surface area contributed by atoms with Gasteiger partial charge in [0.15, 0.2) is 0 Å². The van der Waals surface area contributed by atoms with Crippen LogP contribution in [0.1, 0.15) is 31.9 Å². The Morgan fingerprint density at radius 1 is 0.935 bits per heavy atom. The molecule has 4 rings (SSSR count). The zero-order chi connectivity index (χ0) is 21.7. The molecular weight excluding hydrogens is 465 g/mol. The van der Waals surface area contributed by atoms with Gasteiger partial charge in [-0.2, -0.15) is 0 Å². The van der Waals surface area contributed by atoms with Crippen LogP contribution in [0.2, 0.25) is 5.32 Å². The molecular formula is C27H30NOSSe+. The van der Waals surface area contributed by atoms with Gasteiger partial charge in [0.2, 0.25) is 0 Å². The fourth-order valence-electron chi connectivity index (χ4n) is 4.31. The van der Waals surface area contributed by atoms with Crippen LogP contribution < -0.4 is 4.46 Å². The van der Waals surface area contributed by atoms with Gasteiger partial charge in [0.05, 0.1) is 0 Å². The summed E-state index contributed by atoms with van der Waals surface area (Å²) in [5, 5.41) is 1.16. The number of benzene rings is 3. The van der Waals surface area contributed by atoms with Crippen molar-refractivity contribution in [2.75, 3.05) is 5.75 Å². The third-order valence-corrected chi connectivity index (χ3v) is 9.57. The molecule has 0 saturated carbocycles. The van der Waals surface area contributed by atoms with Gasteiger partial charge in [-0.1, -0.05) is 0 Å². The van der Waals surface area contributed by atoms with Crippen molar-refractivity contribution in [2.24, 2.45) is 5.41 Å². The summed E-state index contributed by atoms with van der Waals surface area (Å²) in [4.78, 5) is 0.909. The molecule has 0 amide bonds. The van der Waals surface area contributed by atoms with Gasteiger partial charge in [-0.25, -0.2) is 0 Å². The zero-order valence-corrected chi connectivity index (χ0v) is 20.7. The molecule has 0 radical (unpaired) electrons. The van der Waals surface area contributed by atoms with E-state index in [0.717, 1.165) is 16.6 Å². The standard InChI is InChI=1S/C27H30NOSSe/c1-27(2)18-23(20-31-25-16-10-5-11-17-25)28(21-27)26(22-12-6-3-7-13-22)19-30(29)24-14-8-4-9-15-24/h3-17,21,23,26H,18-20H2,1-2H3/q+1/t23?,26-,30?/m0/s1. The van der Waals surface area contributed by atoms with E-state index in [0.29, 0.717) is 26.8 Å². The monoisotopic (exact) mass is 496 g/mol. The Bertz CT molecular complexity index is 1030. The fraction of sp³-hybridized carbons (Fsp3) is 0.296. The van der Waals surface area contributed by atoms with E-state index in [4.69, 9.17) is 0 Å². The Kier molecular flexibility index (Phi) is 7.22. The summed E-state index contributed by atoms with van der Waals surface area (Å²) in [6.07, 6.45) is 3.56. The van der Waals surface area contributed by atoms with Crippen LogP contribution in [0.25, 0.3) is 0 Å². The van der Waals surface area contributed by atoms with Crippen molar-refractivity contribution in [2.45, 2.75) is 42.6 Å². The van der Waals surface area contributed by atoms with Gasteiger partial charge in [-0.3, -0.25) is 0 Å². The molecule has 0 bridgehead atoms. The molecule has 0 aromatic heterocycles. The molecule has 2 unspecified atom stereocenters. The Balaban J connectivity index is 1.62. The number of hydrogen-bond donors (Lipinski definition) is 0. The normalized spacial score (nSPS) is 19.5. The molecule has 1 heterocycles. The first-order valence-corrected chi connectivity index (χ1v) is 14.2. The fourth-order valence-corrected chi connectivity index (χ4v) is 7.77.